The number of amides is 1. The number of esters is 1. The smallest absolute Gasteiger partial charge is 0.338 e. The van der Waals surface area contributed by atoms with Gasteiger partial charge in [0, 0.05) is 13.1 Å². The first-order valence-corrected chi connectivity index (χ1v) is 9.31. The van der Waals surface area contributed by atoms with Gasteiger partial charge < -0.3 is 9.64 Å². The Morgan fingerprint density at radius 2 is 2.08 bits per heavy atom. The maximum atomic E-state index is 12.1. The molecule has 0 radical (unpaired) electrons. The predicted molar refractivity (Wildman–Crippen MR) is 87.8 cm³/mol. The number of benzene rings is 1. The number of nitrogens with zero attached hydrogens (tertiary/aromatic N) is 1. The van der Waals surface area contributed by atoms with Crippen molar-refractivity contribution in [1.29, 1.82) is 0 Å². The molecule has 0 saturated carbocycles. The molecule has 0 aliphatic carbocycles. The molecule has 1 heterocycles. The molecule has 0 spiro atoms. The number of hydrogen-bond donors (Lipinski definition) is 1. The van der Waals surface area contributed by atoms with Crippen molar-refractivity contribution in [3.63, 3.8) is 0 Å². The second-order valence-corrected chi connectivity index (χ2v) is 7.72. The third kappa shape index (κ3) is 4.55. The lowest BCUT2D eigenvalue weighted by Gasteiger charge is -2.30. The van der Waals surface area contributed by atoms with Crippen LogP contribution in [-0.4, -0.2) is 44.9 Å². The van der Waals surface area contributed by atoms with Crippen LogP contribution in [0.1, 0.15) is 35.7 Å². The zero-order chi connectivity index (χ0) is 17.9. The number of carbonyl (C=O) groups excluding carboxylic acids is 2. The summed E-state index contributed by atoms with van der Waals surface area (Å²) in [5.74, 6) is -0.556. The monoisotopic (exact) mass is 354 g/mol. The van der Waals surface area contributed by atoms with E-state index in [0.29, 0.717) is 24.6 Å². The second-order valence-electron chi connectivity index (χ2n) is 6.19. The first-order valence-electron chi connectivity index (χ1n) is 7.77. The molecule has 1 aromatic rings. The Balaban J connectivity index is 2.01. The van der Waals surface area contributed by atoms with Crippen molar-refractivity contribution in [1.82, 2.24) is 4.90 Å². The van der Waals surface area contributed by atoms with Crippen molar-refractivity contribution >= 4 is 21.9 Å². The van der Waals surface area contributed by atoms with Gasteiger partial charge in [0.1, 0.15) is 0 Å². The quantitative estimate of drug-likeness (QED) is 0.814. The summed E-state index contributed by atoms with van der Waals surface area (Å²) in [4.78, 5) is 25.7. The van der Waals surface area contributed by atoms with Crippen molar-refractivity contribution in [2.24, 2.45) is 11.1 Å². The third-order valence-electron chi connectivity index (χ3n) is 4.07. The van der Waals surface area contributed by atoms with Crippen LogP contribution in [0.3, 0.4) is 0 Å². The third-order valence-corrected chi connectivity index (χ3v) is 5.12. The Bertz CT molecular complexity index is 745. The second kappa shape index (κ2) is 7.31. The fraction of sp³-hybridized carbons (Fsp3) is 0.500. The SMILES string of the molecule is Cc1ccc(C(=O)OCC(=O)N2CCCC(C)C2)cc1S(N)(=O)=O. The topological polar surface area (TPSA) is 107 Å². The number of nitrogens with two attached hydrogens (primary N) is 1. The van der Waals surface area contributed by atoms with Crippen LogP contribution in [0.25, 0.3) is 0 Å². The Morgan fingerprint density at radius 3 is 2.71 bits per heavy atom. The molecule has 1 amide bonds. The van der Waals surface area contributed by atoms with Gasteiger partial charge in [-0.1, -0.05) is 13.0 Å². The van der Waals surface area contributed by atoms with Gasteiger partial charge in [0.25, 0.3) is 5.91 Å². The molecule has 0 bridgehead atoms. The standard InChI is InChI=1S/C16H22N2O5S/c1-11-4-3-7-18(9-11)15(19)10-23-16(20)13-6-5-12(2)14(8-13)24(17,21)22/h5-6,8,11H,3-4,7,9-10H2,1-2H3,(H2,17,21,22). The number of aryl methyl sites for hydroxylation is 1. The Hall–Kier alpha value is -1.93. The lowest BCUT2D eigenvalue weighted by atomic mass is 10.0. The van der Waals surface area contributed by atoms with Gasteiger partial charge in [-0.2, -0.15) is 0 Å². The molecule has 7 nitrogen and oxygen atoms in total. The zero-order valence-electron chi connectivity index (χ0n) is 13.8. The minimum absolute atomic E-state index is 0.0458. The number of ether oxygens (including phenoxy) is 1. The van der Waals surface area contributed by atoms with Gasteiger partial charge in [0.15, 0.2) is 6.61 Å². The van der Waals surface area contributed by atoms with Gasteiger partial charge in [-0.15, -0.1) is 0 Å². The summed E-state index contributed by atoms with van der Waals surface area (Å²) in [6.07, 6.45) is 2.03. The lowest BCUT2D eigenvalue weighted by molar-refractivity contribution is -0.136. The average Bonchev–Trinajstić information content (AvgIpc) is 2.51. The number of primary sulfonamides is 1. The maximum Gasteiger partial charge on any atom is 0.338 e. The first-order chi connectivity index (χ1) is 11.2. The van der Waals surface area contributed by atoms with Crippen LogP contribution in [0, 0.1) is 12.8 Å². The van der Waals surface area contributed by atoms with E-state index in [1.807, 2.05) is 0 Å². The molecule has 24 heavy (non-hydrogen) atoms. The molecule has 8 heteroatoms. The fourth-order valence-electron chi connectivity index (χ4n) is 2.75. The highest BCUT2D eigenvalue weighted by Crippen LogP contribution is 2.17. The zero-order valence-corrected chi connectivity index (χ0v) is 14.6. The summed E-state index contributed by atoms with van der Waals surface area (Å²) >= 11 is 0. The maximum absolute atomic E-state index is 12.1. The van der Waals surface area contributed by atoms with Crippen LogP contribution in [0.15, 0.2) is 23.1 Å². The van der Waals surface area contributed by atoms with E-state index >= 15 is 0 Å². The molecule has 132 valence electrons. The number of sulfonamides is 1. The number of rotatable bonds is 4. The normalized spacial score (nSPS) is 18.3. The van der Waals surface area contributed by atoms with Gasteiger partial charge in [-0.3, -0.25) is 4.79 Å². The van der Waals surface area contributed by atoms with E-state index in [0.717, 1.165) is 12.8 Å². The van der Waals surface area contributed by atoms with E-state index in [-0.39, 0.29) is 23.0 Å². The van der Waals surface area contributed by atoms with Crippen molar-refractivity contribution in [2.75, 3.05) is 19.7 Å². The van der Waals surface area contributed by atoms with E-state index in [4.69, 9.17) is 9.88 Å². The van der Waals surface area contributed by atoms with Gasteiger partial charge in [-0.05, 0) is 43.4 Å². The van der Waals surface area contributed by atoms with Crippen LogP contribution in [0.5, 0.6) is 0 Å². The summed E-state index contributed by atoms with van der Waals surface area (Å²) < 4.78 is 28.0. The fourth-order valence-corrected chi connectivity index (χ4v) is 3.56. The molecule has 1 aromatic carbocycles. The predicted octanol–water partition coefficient (Wildman–Crippen LogP) is 1.06. The number of carbonyl (C=O) groups is 2. The first kappa shape index (κ1) is 18.4. The molecular formula is C16H22N2O5S. The molecule has 0 aromatic heterocycles. The van der Waals surface area contributed by atoms with Crippen LogP contribution in [0.4, 0.5) is 0 Å². The van der Waals surface area contributed by atoms with Crippen molar-refractivity contribution in [2.45, 2.75) is 31.6 Å². The number of likely N-dealkylation sites (tertiary alicyclic amines) is 1. The summed E-state index contributed by atoms with van der Waals surface area (Å²) in [7, 11) is -3.93. The van der Waals surface area contributed by atoms with Crippen LogP contribution in [-0.2, 0) is 19.6 Å². The van der Waals surface area contributed by atoms with Gasteiger partial charge in [0.2, 0.25) is 10.0 Å². The molecule has 1 saturated heterocycles. The van der Waals surface area contributed by atoms with Gasteiger partial charge in [-0.25, -0.2) is 18.4 Å². The summed E-state index contributed by atoms with van der Waals surface area (Å²) in [6, 6.07) is 4.09. The highest BCUT2D eigenvalue weighted by molar-refractivity contribution is 7.89. The summed E-state index contributed by atoms with van der Waals surface area (Å²) in [5, 5.41) is 5.12. The molecule has 1 fully saturated rings. The minimum Gasteiger partial charge on any atom is -0.452 e. The molecule has 2 N–H and O–H groups in total. The number of hydrogen-bond acceptors (Lipinski definition) is 5. The Labute approximate surface area is 141 Å². The van der Waals surface area contributed by atoms with Gasteiger partial charge >= 0.3 is 5.97 Å². The van der Waals surface area contributed by atoms with Crippen LogP contribution < -0.4 is 5.14 Å². The van der Waals surface area contributed by atoms with Gasteiger partial charge in [0.05, 0.1) is 10.5 Å². The molecule has 1 aliphatic rings. The lowest BCUT2D eigenvalue weighted by Crippen LogP contribution is -2.41. The Kier molecular flexibility index (Phi) is 5.61. The minimum atomic E-state index is -3.93. The van der Waals surface area contributed by atoms with E-state index in [1.165, 1.54) is 18.2 Å². The van der Waals surface area contributed by atoms with E-state index in [2.05, 4.69) is 6.92 Å². The Morgan fingerprint density at radius 1 is 1.38 bits per heavy atom. The van der Waals surface area contributed by atoms with Crippen LogP contribution >= 0.6 is 0 Å². The molecule has 2 rings (SSSR count). The number of piperidine rings is 1. The van der Waals surface area contributed by atoms with Crippen molar-refractivity contribution in [3.8, 4) is 0 Å². The van der Waals surface area contributed by atoms with Crippen molar-refractivity contribution < 1.29 is 22.7 Å². The average molecular weight is 354 g/mol. The molecule has 1 aliphatic heterocycles. The van der Waals surface area contributed by atoms with Crippen LogP contribution in [0.2, 0.25) is 0 Å². The molecular weight excluding hydrogens is 332 g/mol. The van der Waals surface area contributed by atoms with E-state index in [9.17, 15) is 18.0 Å². The summed E-state index contributed by atoms with van der Waals surface area (Å²) in [6.45, 7) is 4.63. The highest BCUT2D eigenvalue weighted by Gasteiger charge is 2.22. The molecule has 1 unspecified atom stereocenters. The summed E-state index contributed by atoms with van der Waals surface area (Å²) in [5.41, 5.74) is 0.483. The highest BCUT2D eigenvalue weighted by atomic mass is 32.2. The molecule has 1 atom stereocenters. The van der Waals surface area contributed by atoms with E-state index in [1.54, 1.807) is 11.8 Å². The van der Waals surface area contributed by atoms with Crippen molar-refractivity contribution in [3.05, 3.63) is 29.3 Å². The van der Waals surface area contributed by atoms with E-state index < -0.39 is 16.0 Å². The largest absolute Gasteiger partial charge is 0.452 e.